The van der Waals surface area contributed by atoms with Gasteiger partial charge in [0.05, 0.1) is 21.2 Å². The predicted molar refractivity (Wildman–Crippen MR) is 108 cm³/mol. The van der Waals surface area contributed by atoms with Crippen LogP contribution in [0.2, 0.25) is 10.0 Å². The molecule has 1 heterocycles. The Hall–Kier alpha value is -1.82. The number of benzene rings is 1. The maximum atomic E-state index is 13.2. The van der Waals surface area contributed by atoms with Gasteiger partial charge in [0.2, 0.25) is 11.8 Å². The number of nitrogens with one attached hydrogen (secondary N) is 1. The maximum Gasteiger partial charge on any atom is 0.244 e. The molecule has 0 bridgehead atoms. The van der Waals surface area contributed by atoms with Gasteiger partial charge in [-0.2, -0.15) is 5.26 Å². The Morgan fingerprint density at radius 1 is 1.31 bits per heavy atom. The van der Waals surface area contributed by atoms with Crippen LogP contribution in [-0.4, -0.2) is 48.5 Å². The number of nitriles is 1. The fourth-order valence-electron chi connectivity index (χ4n) is 3.44. The number of nitrogens with zero attached hydrogens (tertiary/aromatic N) is 2. The molecule has 0 radical (unpaired) electrons. The van der Waals surface area contributed by atoms with Crippen molar-refractivity contribution >= 4 is 44.9 Å². The molecule has 2 atom stereocenters. The van der Waals surface area contributed by atoms with Gasteiger partial charge in [-0.1, -0.05) is 37.0 Å². The SMILES string of the molecule is CC(C)C(=O)N1C[C@H](S(=O)(=O)c2ccc(Cl)cc2Cl)C[C@H]1C(=O)NC1(C#N)CC1. The summed E-state index contributed by atoms with van der Waals surface area (Å²) in [6.07, 6.45) is 1.03. The molecule has 0 aromatic heterocycles. The molecule has 0 unspecified atom stereocenters. The minimum Gasteiger partial charge on any atom is -0.336 e. The van der Waals surface area contributed by atoms with Crippen LogP contribution in [0.5, 0.6) is 0 Å². The summed E-state index contributed by atoms with van der Waals surface area (Å²) in [5.74, 6) is -1.22. The van der Waals surface area contributed by atoms with Gasteiger partial charge in [0.15, 0.2) is 9.84 Å². The summed E-state index contributed by atoms with van der Waals surface area (Å²) in [7, 11) is -3.91. The Bertz CT molecular complexity index is 999. The number of amides is 2. The van der Waals surface area contributed by atoms with Gasteiger partial charge < -0.3 is 10.2 Å². The van der Waals surface area contributed by atoms with Gasteiger partial charge >= 0.3 is 0 Å². The third kappa shape index (κ3) is 4.23. The highest BCUT2D eigenvalue weighted by atomic mass is 35.5. The fourth-order valence-corrected chi connectivity index (χ4v) is 5.91. The van der Waals surface area contributed by atoms with E-state index in [4.69, 9.17) is 23.2 Å². The van der Waals surface area contributed by atoms with Crippen molar-refractivity contribution in [1.29, 1.82) is 5.26 Å². The molecule has 1 saturated heterocycles. The molecule has 2 amide bonds. The van der Waals surface area contributed by atoms with E-state index in [0.29, 0.717) is 17.9 Å². The predicted octanol–water partition coefficient (Wildman–Crippen LogP) is 2.56. The van der Waals surface area contributed by atoms with E-state index in [0.717, 1.165) is 0 Å². The van der Waals surface area contributed by atoms with Gasteiger partial charge in [0.1, 0.15) is 11.6 Å². The summed E-state index contributed by atoms with van der Waals surface area (Å²) in [4.78, 5) is 26.7. The third-order valence-electron chi connectivity index (χ3n) is 5.31. The molecular formula is C19H21Cl2N3O4S. The molecule has 3 rings (SSSR count). The Balaban J connectivity index is 1.90. The Labute approximate surface area is 179 Å². The van der Waals surface area contributed by atoms with Crippen LogP contribution in [0.1, 0.15) is 33.1 Å². The second-order valence-corrected chi connectivity index (χ2v) is 10.9. The second kappa shape index (κ2) is 7.78. The van der Waals surface area contributed by atoms with E-state index in [-0.39, 0.29) is 28.8 Å². The van der Waals surface area contributed by atoms with Crippen LogP contribution < -0.4 is 5.32 Å². The van der Waals surface area contributed by atoms with Crippen molar-refractivity contribution < 1.29 is 18.0 Å². The van der Waals surface area contributed by atoms with Crippen molar-refractivity contribution in [2.45, 2.75) is 54.8 Å². The lowest BCUT2D eigenvalue weighted by molar-refractivity contribution is -0.141. The van der Waals surface area contributed by atoms with Crippen molar-refractivity contribution in [3.05, 3.63) is 28.2 Å². The first-order chi connectivity index (χ1) is 13.5. The normalized spacial score (nSPS) is 23.0. The van der Waals surface area contributed by atoms with Crippen LogP contribution in [0.3, 0.4) is 0 Å². The number of hydrogen-bond donors (Lipinski definition) is 1. The highest BCUT2D eigenvalue weighted by Crippen LogP contribution is 2.37. The summed E-state index contributed by atoms with van der Waals surface area (Å²) in [5.41, 5.74) is -0.903. The van der Waals surface area contributed by atoms with E-state index in [1.54, 1.807) is 13.8 Å². The van der Waals surface area contributed by atoms with Crippen LogP contribution >= 0.6 is 23.2 Å². The number of carbonyl (C=O) groups excluding carboxylic acids is 2. The second-order valence-electron chi connectivity index (χ2n) is 7.82. The van der Waals surface area contributed by atoms with Gasteiger partial charge in [-0.05, 0) is 37.5 Å². The standard InChI is InChI=1S/C19H21Cl2N3O4S/c1-11(2)18(26)24-9-13(8-15(24)17(25)23-19(10-22)5-6-19)29(27,28)16-4-3-12(20)7-14(16)21/h3-4,7,11,13,15H,5-6,8-9H2,1-2H3,(H,23,25)/t13-,15+/m1/s1. The van der Waals surface area contributed by atoms with E-state index in [2.05, 4.69) is 11.4 Å². The van der Waals surface area contributed by atoms with Crippen LogP contribution in [0.4, 0.5) is 0 Å². The molecule has 7 nitrogen and oxygen atoms in total. The molecule has 1 saturated carbocycles. The molecule has 1 aromatic carbocycles. The quantitative estimate of drug-likeness (QED) is 0.730. The van der Waals surface area contributed by atoms with Gasteiger partial charge in [-0.3, -0.25) is 9.59 Å². The molecule has 1 N–H and O–H groups in total. The Morgan fingerprint density at radius 2 is 1.97 bits per heavy atom. The summed E-state index contributed by atoms with van der Waals surface area (Å²) in [6, 6.07) is 5.22. The number of rotatable bonds is 5. The van der Waals surface area contributed by atoms with Crippen molar-refractivity contribution in [3.8, 4) is 6.07 Å². The van der Waals surface area contributed by atoms with E-state index >= 15 is 0 Å². The van der Waals surface area contributed by atoms with Gasteiger partial charge in [-0.25, -0.2) is 8.42 Å². The van der Waals surface area contributed by atoms with Crippen molar-refractivity contribution in [3.63, 3.8) is 0 Å². The first-order valence-corrected chi connectivity index (χ1v) is 11.5. The van der Waals surface area contributed by atoms with Crippen LogP contribution in [0.15, 0.2) is 23.1 Å². The molecule has 156 valence electrons. The largest absolute Gasteiger partial charge is 0.336 e. The summed E-state index contributed by atoms with van der Waals surface area (Å²) < 4.78 is 26.4. The molecule has 29 heavy (non-hydrogen) atoms. The van der Waals surface area contributed by atoms with Crippen LogP contribution in [0, 0.1) is 17.2 Å². The molecule has 0 spiro atoms. The van der Waals surface area contributed by atoms with E-state index in [1.165, 1.54) is 23.1 Å². The minimum atomic E-state index is -3.91. The first-order valence-electron chi connectivity index (χ1n) is 9.23. The smallest absolute Gasteiger partial charge is 0.244 e. The zero-order chi connectivity index (χ0) is 21.6. The molecule has 1 aliphatic heterocycles. The highest BCUT2D eigenvalue weighted by molar-refractivity contribution is 7.92. The average Bonchev–Trinajstić information content (AvgIpc) is 3.26. The highest BCUT2D eigenvalue weighted by Gasteiger charge is 2.50. The van der Waals surface area contributed by atoms with E-state index in [1.807, 2.05) is 0 Å². The number of likely N-dealkylation sites (tertiary alicyclic amines) is 1. The average molecular weight is 458 g/mol. The zero-order valence-electron chi connectivity index (χ0n) is 16.0. The van der Waals surface area contributed by atoms with E-state index < -0.39 is 38.5 Å². The molecule has 2 aliphatic rings. The number of hydrogen-bond acceptors (Lipinski definition) is 5. The summed E-state index contributed by atoms with van der Waals surface area (Å²) >= 11 is 12.0. The maximum absolute atomic E-state index is 13.2. The third-order valence-corrected chi connectivity index (χ3v) is 8.16. The molecule has 1 aliphatic carbocycles. The van der Waals surface area contributed by atoms with E-state index in [9.17, 15) is 23.3 Å². The monoisotopic (exact) mass is 457 g/mol. The number of carbonyl (C=O) groups is 2. The lowest BCUT2D eigenvalue weighted by atomic mass is 10.1. The van der Waals surface area contributed by atoms with Gasteiger partial charge in [0, 0.05) is 17.5 Å². The number of sulfone groups is 1. The molecular weight excluding hydrogens is 437 g/mol. The Morgan fingerprint density at radius 3 is 2.48 bits per heavy atom. The molecule has 1 aromatic rings. The summed E-state index contributed by atoms with van der Waals surface area (Å²) in [6.45, 7) is 3.26. The number of halogens is 2. The van der Waals surface area contributed by atoms with Crippen LogP contribution in [0.25, 0.3) is 0 Å². The van der Waals surface area contributed by atoms with Crippen molar-refractivity contribution in [1.82, 2.24) is 10.2 Å². The minimum absolute atomic E-state index is 0.00597. The Kier molecular flexibility index (Phi) is 5.87. The topological polar surface area (TPSA) is 107 Å². The molecule has 10 heteroatoms. The van der Waals surface area contributed by atoms with Gasteiger partial charge in [-0.15, -0.1) is 0 Å². The molecule has 2 fully saturated rings. The van der Waals surface area contributed by atoms with Crippen molar-refractivity contribution in [2.24, 2.45) is 5.92 Å². The van der Waals surface area contributed by atoms with Gasteiger partial charge in [0.25, 0.3) is 0 Å². The lowest BCUT2D eigenvalue weighted by Gasteiger charge is -2.26. The van der Waals surface area contributed by atoms with Crippen molar-refractivity contribution in [2.75, 3.05) is 6.54 Å². The fraction of sp³-hybridized carbons (Fsp3) is 0.526. The van der Waals surface area contributed by atoms with Crippen LogP contribution in [-0.2, 0) is 19.4 Å². The first kappa shape index (κ1) is 21.9. The summed E-state index contributed by atoms with van der Waals surface area (Å²) in [5, 5.41) is 11.2. The zero-order valence-corrected chi connectivity index (χ0v) is 18.3. The lowest BCUT2D eigenvalue weighted by Crippen LogP contribution is -2.50.